The van der Waals surface area contributed by atoms with Crippen LogP contribution in [0.5, 0.6) is 0 Å². The molecule has 0 aromatic rings. The van der Waals surface area contributed by atoms with E-state index in [9.17, 15) is 0 Å². The first kappa shape index (κ1) is 12.0. The molecule has 0 amide bonds. The fourth-order valence-corrected chi connectivity index (χ4v) is 4.73. The average Bonchev–Trinajstić information content (AvgIpc) is 2.83. The first-order valence-electron chi connectivity index (χ1n) is 7.90. The minimum atomic E-state index is 0.660. The van der Waals surface area contributed by atoms with Gasteiger partial charge in [0, 0.05) is 12.6 Å². The number of fused-ring (bicyclic) bond motifs is 2. The molecular formula is C16H29N. The van der Waals surface area contributed by atoms with E-state index in [1.165, 1.54) is 25.8 Å². The summed E-state index contributed by atoms with van der Waals surface area (Å²) in [5.41, 5.74) is 0.708. The number of rotatable bonds is 5. The molecule has 17 heavy (non-hydrogen) atoms. The number of nitrogens with one attached hydrogen (secondary N) is 1. The Labute approximate surface area is 107 Å². The maximum absolute atomic E-state index is 3.71. The molecule has 3 rings (SSSR count). The second kappa shape index (κ2) is 4.57. The van der Waals surface area contributed by atoms with Gasteiger partial charge in [0.1, 0.15) is 0 Å². The van der Waals surface area contributed by atoms with E-state index in [4.69, 9.17) is 0 Å². The van der Waals surface area contributed by atoms with Gasteiger partial charge in [-0.15, -0.1) is 0 Å². The van der Waals surface area contributed by atoms with Crippen molar-refractivity contribution < 1.29 is 0 Å². The summed E-state index contributed by atoms with van der Waals surface area (Å²) in [6.07, 6.45) is 12.3. The zero-order valence-electron chi connectivity index (χ0n) is 11.7. The second-order valence-corrected chi connectivity index (χ2v) is 7.53. The molecule has 0 aliphatic heterocycles. The highest BCUT2D eigenvalue weighted by Crippen LogP contribution is 2.55. The van der Waals surface area contributed by atoms with Crippen molar-refractivity contribution in [2.24, 2.45) is 23.2 Å². The van der Waals surface area contributed by atoms with Gasteiger partial charge in [-0.25, -0.2) is 0 Å². The van der Waals surface area contributed by atoms with E-state index in [0.29, 0.717) is 11.5 Å². The highest BCUT2D eigenvalue weighted by atomic mass is 14.9. The SMILES string of the molecule is CC(C)NCC1(CC2CC3CCC2C3)CCC1. The van der Waals surface area contributed by atoms with Gasteiger partial charge < -0.3 is 5.32 Å². The zero-order valence-corrected chi connectivity index (χ0v) is 11.7. The molecule has 3 saturated carbocycles. The quantitative estimate of drug-likeness (QED) is 0.760. The lowest BCUT2D eigenvalue weighted by molar-refractivity contribution is 0.0730. The maximum atomic E-state index is 3.71. The summed E-state index contributed by atoms with van der Waals surface area (Å²) < 4.78 is 0. The molecule has 0 aromatic heterocycles. The Bertz CT molecular complexity index is 267. The van der Waals surface area contributed by atoms with E-state index >= 15 is 0 Å². The molecule has 1 N–H and O–H groups in total. The van der Waals surface area contributed by atoms with Crippen LogP contribution >= 0.6 is 0 Å². The summed E-state index contributed by atoms with van der Waals surface area (Å²) in [5, 5.41) is 3.71. The van der Waals surface area contributed by atoms with Crippen molar-refractivity contribution in [2.45, 2.75) is 71.3 Å². The Morgan fingerprint density at radius 1 is 1.18 bits per heavy atom. The summed E-state index contributed by atoms with van der Waals surface area (Å²) in [6.45, 7) is 5.85. The fraction of sp³-hybridized carbons (Fsp3) is 1.00. The van der Waals surface area contributed by atoms with E-state index in [1.54, 1.807) is 32.1 Å². The van der Waals surface area contributed by atoms with Crippen molar-refractivity contribution >= 4 is 0 Å². The molecule has 98 valence electrons. The molecule has 1 nitrogen and oxygen atoms in total. The van der Waals surface area contributed by atoms with Gasteiger partial charge in [-0.3, -0.25) is 0 Å². The highest BCUT2D eigenvalue weighted by molar-refractivity contribution is 4.97. The predicted octanol–water partition coefficient (Wildman–Crippen LogP) is 3.98. The minimum absolute atomic E-state index is 0.660. The lowest BCUT2D eigenvalue weighted by Crippen LogP contribution is -2.43. The van der Waals surface area contributed by atoms with Crippen LogP contribution in [0.25, 0.3) is 0 Å². The van der Waals surface area contributed by atoms with Gasteiger partial charge in [-0.2, -0.15) is 0 Å². The van der Waals surface area contributed by atoms with E-state index < -0.39 is 0 Å². The smallest absolute Gasteiger partial charge is 0.00106 e. The molecule has 3 fully saturated rings. The van der Waals surface area contributed by atoms with Gasteiger partial charge in [0.25, 0.3) is 0 Å². The predicted molar refractivity (Wildman–Crippen MR) is 73.0 cm³/mol. The number of hydrogen-bond donors (Lipinski definition) is 1. The molecule has 0 aromatic carbocycles. The Balaban J connectivity index is 1.55. The van der Waals surface area contributed by atoms with Gasteiger partial charge in [0.15, 0.2) is 0 Å². The van der Waals surface area contributed by atoms with E-state index in [1.807, 2.05) is 0 Å². The van der Waals surface area contributed by atoms with Crippen molar-refractivity contribution in [3.05, 3.63) is 0 Å². The van der Waals surface area contributed by atoms with Crippen LogP contribution in [0.4, 0.5) is 0 Å². The van der Waals surface area contributed by atoms with Crippen molar-refractivity contribution in [1.29, 1.82) is 0 Å². The zero-order chi connectivity index (χ0) is 11.9. The molecule has 0 saturated heterocycles. The fourth-order valence-electron chi connectivity index (χ4n) is 4.73. The first-order chi connectivity index (χ1) is 8.17. The molecule has 1 heteroatoms. The standard InChI is InChI=1S/C16H29N/c1-12(2)17-11-16(6-3-7-16)10-15-9-13-4-5-14(15)8-13/h12-15,17H,3-11H2,1-2H3. The van der Waals surface area contributed by atoms with Crippen LogP contribution in [-0.4, -0.2) is 12.6 Å². The van der Waals surface area contributed by atoms with Crippen LogP contribution in [-0.2, 0) is 0 Å². The van der Waals surface area contributed by atoms with Crippen LogP contribution in [0.2, 0.25) is 0 Å². The summed E-state index contributed by atoms with van der Waals surface area (Å²) in [6, 6.07) is 0.660. The molecular weight excluding hydrogens is 206 g/mol. The maximum Gasteiger partial charge on any atom is 0.00106 e. The van der Waals surface area contributed by atoms with Crippen molar-refractivity contribution in [1.82, 2.24) is 5.32 Å². The van der Waals surface area contributed by atoms with Crippen molar-refractivity contribution in [2.75, 3.05) is 6.54 Å². The van der Waals surface area contributed by atoms with Crippen LogP contribution in [0.15, 0.2) is 0 Å². The van der Waals surface area contributed by atoms with Crippen molar-refractivity contribution in [3.63, 3.8) is 0 Å². The van der Waals surface area contributed by atoms with E-state index in [2.05, 4.69) is 19.2 Å². The third kappa shape index (κ3) is 2.41. The third-order valence-corrected chi connectivity index (χ3v) is 5.88. The Kier molecular flexibility index (Phi) is 3.23. The summed E-state index contributed by atoms with van der Waals surface area (Å²) in [5.74, 6) is 3.35. The molecule has 3 aliphatic carbocycles. The van der Waals surface area contributed by atoms with Crippen LogP contribution in [0, 0.1) is 23.2 Å². The molecule has 0 spiro atoms. The van der Waals surface area contributed by atoms with Gasteiger partial charge in [-0.1, -0.05) is 26.7 Å². The molecule has 3 atom stereocenters. The van der Waals surface area contributed by atoms with E-state index in [0.717, 1.165) is 17.8 Å². The average molecular weight is 235 g/mol. The highest BCUT2D eigenvalue weighted by Gasteiger charge is 2.45. The molecule has 3 unspecified atom stereocenters. The first-order valence-corrected chi connectivity index (χ1v) is 7.90. The second-order valence-electron chi connectivity index (χ2n) is 7.53. The number of hydrogen-bond acceptors (Lipinski definition) is 1. The Morgan fingerprint density at radius 3 is 2.47 bits per heavy atom. The minimum Gasteiger partial charge on any atom is -0.314 e. The van der Waals surface area contributed by atoms with Crippen molar-refractivity contribution in [3.8, 4) is 0 Å². The lowest BCUT2D eigenvalue weighted by Gasteiger charge is -2.45. The third-order valence-electron chi connectivity index (χ3n) is 5.88. The Hall–Kier alpha value is -0.0400. The molecule has 0 radical (unpaired) electrons. The summed E-state index contributed by atoms with van der Waals surface area (Å²) >= 11 is 0. The summed E-state index contributed by atoms with van der Waals surface area (Å²) in [7, 11) is 0. The topological polar surface area (TPSA) is 12.0 Å². The molecule has 0 heterocycles. The Morgan fingerprint density at radius 2 is 2.00 bits per heavy atom. The molecule has 3 aliphatic rings. The van der Waals surface area contributed by atoms with Gasteiger partial charge in [-0.05, 0) is 61.7 Å². The van der Waals surface area contributed by atoms with Gasteiger partial charge in [0.05, 0.1) is 0 Å². The van der Waals surface area contributed by atoms with E-state index in [-0.39, 0.29) is 0 Å². The molecule has 2 bridgehead atoms. The van der Waals surface area contributed by atoms with Crippen LogP contribution in [0.1, 0.15) is 65.2 Å². The normalized spacial score (nSPS) is 38.6. The van der Waals surface area contributed by atoms with Gasteiger partial charge >= 0.3 is 0 Å². The summed E-state index contributed by atoms with van der Waals surface area (Å²) in [4.78, 5) is 0. The van der Waals surface area contributed by atoms with Crippen LogP contribution < -0.4 is 5.32 Å². The monoisotopic (exact) mass is 235 g/mol. The largest absolute Gasteiger partial charge is 0.314 e. The van der Waals surface area contributed by atoms with Crippen LogP contribution in [0.3, 0.4) is 0 Å². The van der Waals surface area contributed by atoms with Gasteiger partial charge in [0.2, 0.25) is 0 Å². The lowest BCUT2D eigenvalue weighted by atomic mass is 9.62.